The van der Waals surface area contributed by atoms with Gasteiger partial charge < -0.3 is 11.1 Å². The predicted octanol–water partition coefficient (Wildman–Crippen LogP) is 2.84. The minimum Gasteiger partial charge on any atom is -0.348 e. The second-order valence-electron chi connectivity index (χ2n) is 5.22. The molecule has 0 radical (unpaired) electrons. The van der Waals surface area contributed by atoms with Gasteiger partial charge in [0.2, 0.25) is 0 Å². The van der Waals surface area contributed by atoms with Crippen molar-refractivity contribution in [3.8, 4) is 0 Å². The van der Waals surface area contributed by atoms with Crippen LogP contribution in [0.25, 0.3) is 0 Å². The standard InChI is InChI=1S/C14H16F4N2O/c15-10-6-5-8(14(16,17)18)7-9(10)13(21)20-12-4-2-1-3-11(12)19/h5-7,11-12H,1-4,19H2,(H,20,21)/t11-,12-/m1/s1. The number of hydrogen-bond donors (Lipinski definition) is 2. The topological polar surface area (TPSA) is 55.1 Å². The number of hydrogen-bond acceptors (Lipinski definition) is 2. The minimum atomic E-state index is -4.62. The second-order valence-corrected chi connectivity index (χ2v) is 5.22. The summed E-state index contributed by atoms with van der Waals surface area (Å²) in [6, 6.07) is 1.20. The number of halogens is 4. The molecule has 1 aliphatic carbocycles. The largest absolute Gasteiger partial charge is 0.416 e. The van der Waals surface area contributed by atoms with Crippen molar-refractivity contribution >= 4 is 5.91 Å². The molecule has 1 saturated carbocycles. The Labute approximate surface area is 119 Å². The highest BCUT2D eigenvalue weighted by atomic mass is 19.4. The van der Waals surface area contributed by atoms with Crippen molar-refractivity contribution in [2.75, 3.05) is 0 Å². The van der Waals surface area contributed by atoms with Gasteiger partial charge in [0, 0.05) is 12.1 Å². The van der Waals surface area contributed by atoms with E-state index in [4.69, 9.17) is 5.73 Å². The Hall–Kier alpha value is -1.63. The number of rotatable bonds is 2. The van der Waals surface area contributed by atoms with Crippen LogP contribution < -0.4 is 11.1 Å². The monoisotopic (exact) mass is 304 g/mol. The van der Waals surface area contributed by atoms with Crippen molar-refractivity contribution in [1.29, 1.82) is 0 Å². The molecule has 7 heteroatoms. The first-order valence-corrected chi connectivity index (χ1v) is 6.72. The van der Waals surface area contributed by atoms with Gasteiger partial charge in [-0.1, -0.05) is 12.8 Å². The summed E-state index contributed by atoms with van der Waals surface area (Å²) in [4.78, 5) is 12.0. The normalized spacial score (nSPS) is 22.9. The Balaban J connectivity index is 2.18. The zero-order chi connectivity index (χ0) is 15.6. The fourth-order valence-corrected chi connectivity index (χ4v) is 2.46. The minimum absolute atomic E-state index is 0.253. The lowest BCUT2D eigenvalue weighted by molar-refractivity contribution is -0.137. The lowest BCUT2D eigenvalue weighted by Gasteiger charge is -2.29. The van der Waals surface area contributed by atoms with E-state index in [1.807, 2.05) is 0 Å². The lowest BCUT2D eigenvalue weighted by atomic mass is 9.91. The SMILES string of the molecule is N[C@@H]1CCCC[C@H]1NC(=O)c1cc(C(F)(F)F)ccc1F. The fourth-order valence-electron chi connectivity index (χ4n) is 2.46. The Kier molecular flexibility index (Phi) is 4.51. The highest BCUT2D eigenvalue weighted by molar-refractivity contribution is 5.95. The van der Waals surface area contributed by atoms with Crippen molar-refractivity contribution in [1.82, 2.24) is 5.32 Å². The van der Waals surface area contributed by atoms with Gasteiger partial charge in [-0.2, -0.15) is 13.2 Å². The average Bonchev–Trinajstić information content (AvgIpc) is 2.40. The van der Waals surface area contributed by atoms with E-state index in [9.17, 15) is 22.4 Å². The van der Waals surface area contributed by atoms with Gasteiger partial charge in [-0.05, 0) is 31.0 Å². The molecule has 0 saturated heterocycles. The zero-order valence-electron chi connectivity index (χ0n) is 11.2. The maximum absolute atomic E-state index is 13.6. The number of carbonyl (C=O) groups is 1. The molecule has 1 aromatic rings. The molecular formula is C14H16F4N2O. The van der Waals surface area contributed by atoms with Crippen molar-refractivity contribution in [3.05, 3.63) is 35.1 Å². The van der Waals surface area contributed by atoms with Crippen LogP contribution in [-0.2, 0) is 6.18 Å². The fraction of sp³-hybridized carbons (Fsp3) is 0.500. The van der Waals surface area contributed by atoms with Crippen LogP contribution in [0.3, 0.4) is 0 Å². The summed E-state index contributed by atoms with van der Waals surface area (Å²) in [5, 5.41) is 2.53. The summed E-state index contributed by atoms with van der Waals surface area (Å²) in [7, 11) is 0. The van der Waals surface area contributed by atoms with Gasteiger partial charge in [-0.3, -0.25) is 4.79 Å². The first-order valence-electron chi connectivity index (χ1n) is 6.72. The number of nitrogens with one attached hydrogen (secondary N) is 1. The van der Waals surface area contributed by atoms with Gasteiger partial charge in [0.25, 0.3) is 5.91 Å². The molecule has 116 valence electrons. The third-order valence-electron chi connectivity index (χ3n) is 3.67. The average molecular weight is 304 g/mol. The zero-order valence-corrected chi connectivity index (χ0v) is 11.2. The smallest absolute Gasteiger partial charge is 0.348 e. The van der Waals surface area contributed by atoms with Crippen LogP contribution in [0.1, 0.15) is 41.6 Å². The van der Waals surface area contributed by atoms with Crippen molar-refractivity contribution in [2.45, 2.75) is 43.9 Å². The number of nitrogens with two attached hydrogens (primary N) is 1. The van der Waals surface area contributed by atoms with Gasteiger partial charge >= 0.3 is 6.18 Å². The second kappa shape index (κ2) is 6.01. The Bertz CT molecular complexity index is 530. The molecule has 0 unspecified atom stereocenters. The molecule has 0 bridgehead atoms. The summed E-state index contributed by atoms with van der Waals surface area (Å²) in [5.41, 5.74) is 4.19. The van der Waals surface area contributed by atoms with Crippen LogP contribution in [0.2, 0.25) is 0 Å². The maximum Gasteiger partial charge on any atom is 0.416 e. The Morgan fingerprint density at radius 2 is 1.90 bits per heavy atom. The van der Waals surface area contributed by atoms with E-state index in [1.54, 1.807) is 0 Å². The highest BCUT2D eigenvalue weighted by Crippen LogP contribution is 2.30. The quantitative estimate of drug-likeness (QED) is 0.826. The highest BCUT2D eigenvalue weighted by Gasteiger charge is 2.32. The molecule has 0 spiro atoms. The summed E-state index contributed by atoms with van der Waals surface area (Å²) in [6.07, 6.45) is -1.41. The van der Waals surface area contributed by atoms with Gasteiger partial charge in [-0.15, -0.1) is 0 Å². The molecule has 0 heterocycles. The first kappa shape index (κ1) is 15.8. The maximum atomic E-state index is 13.6. The summed E-state index contributed by atoms with van der Waals surface area (Å²) in [6.45, 7) is 0. The number of benzene rings is 1. The Morgan fingerprint density at radius 1 is 1.24 bits per heavy atom. The van der Waals surface area contributed by atoms with E-state index in [1.165, 1.54) is 0 Å². The third-order valence-corrected chi connectivity index (χ3v) is 3.67. The number of alkyl halides is 3. The summed E-state index contributed by atoms with van der Waals surface area (Å²) < 4.78 is 51.4. The van der Waals surface area contributed by atoms with Crippen LogP contribution >= 0.6 is 0 Å². The Morgan fingerprint density at radius 3 is 2.52 bits per heavy atom. The van der Waals surface area contributed by atoms with E-state index in [2.05, 4.69) is 5.32 Å². The molecule has 21 heavy (non-hydrogen) atoms. The molecule has 3 nitrogen and oxygen atoms in total. The summed E-state index contributed by atoms with van der Waals surface area (Å²) in [5.74, 6) is -1.84. The number of carbonyl (C=O) groups excluding carboxylic acids is 1. The molecule has 3 N–H and O–H groups in total. The predicted molar refractivity (Wildman–Crippen MR) is 69.1 cm³/mol. The van der Waals surface area contributed by atoms with Crippen LogP contribution in [0.5, 0.6) is 0 Å². The van der Waals surface area contributed by atoms with E-state index < -0.39 is 29.0 Å². The molecule has 1 aliphatic rings. The van der Waals surface area contributed by atoms with Gasteiger partial charge in [0.1, 0.15) is 5.82 Å². The molecule has 2 rings (SSSR count). The molecular weight excluding hydrogens is 288 g/mol. The van der Waals surface area contributed by atoms with E-state index in [-0.39, 0.29) is 12.1 Å². The third kappa shape index (κ3) is 3.72. The van der Waals surface area contributed by atoms with Crippen LogP contribution in [-0.4, -0.2) is 18.0 Å². The van der Waals surface area contributed by atoms with Crippen molar-refractivity contribution < 1.29 is 22.4 Å². The van der Waals surface area contributed by atoms with Gasteiger partial charge in [0.05, 0.1) is 11.1 Å². The van der Waals surface area contributed by atoms with E-state index in [0.29, 0.717) is 24.6 Å². The molecule has 0 aromatic heterocycles. The first-order chi connectivity index (χ1) is 9.79. The molecule has 1 fully saturated rings. The van der Waals surface area contributed by atoms with Crippen molar-refractivity contribution in [2.24, 2.45) is 5.73 Å². The van der Waals surface area contributed by atoms with Gasteiger partial charge in [0.15, 0.2) is 0 Å². The van der Waals surface area contributed by atoms with Crippen LogP contribution in [0.15, 0.2) is 18.2 Å². The van der Waals surface area contributed by atoms with Crippen LogP contribution in [0.4, 0.5) is 17.6 Å². The number of amides is 1. The molecule has 1 amide bonds. The van der Waals surface area contributed by atoms with Crippen molar-refractivity contribution in [3.63, 3.8) is 0 Å². The summed E-state index contributed by atoms with van der Waals surface area (Å²) >= 11 is 0. The molecule has 0 aliphatic heterocycles. The van der Waals surface area contributed by atoms with E-state index in [0.717, 1.165) is 19.3 Å². The molecule has 1 aromatic carbocycles. The van der Waals surface area contributed by atoms with E-state index >= 15 is 0 Å². The van der Waals surface area contributed by atoms with Crippen LogP contribution in [0, 0.1) is 5.82 Å². The lowest BCUT2D eigenvalue weighted by Crippen LogP contribution is -2.49. The van der Waals surface area contributed by atoms with Gasteiger partial charge in [-0.25, -0.2) is 4.39 Å². The molecule has 2 atom stereocenters.